The Morgan fingerprint density at radius 1 is 0.778 bits per heavy atom. The van der Waals surface area contributed by atoms with E-state index in [0.717, 1.165) is 13.0 Å². The topological polar surface area (TPSA) is 15.6 Å². The Morgan fingerprint density at radius 2 is 1.33 bits per heavy atom. The average molecular weight is 352 g/mol. The zero-order chi connectivity index (χ0) is 18.3. The van der Waals surface area contributed by atoms with Gasteiger partial charge in [-0.15, -0.1) is 0 Å². The lowest BCUT2D eigenvalue weighted by molar-refractivity contribution is 0.329. The maximum atomic E-state index is 5.35. The molecule has 2 nitrogen and oxygen atoms in total. The molecule has 134 valence electrons. The maximum Gasteiger partial charge on any atom is 0.111 e. The Morgan fingerprint density at radius 3 is 1.96 bits per heavy atom. The van der Waals surface area contributed by atoms with E-state index < -0.39 is 0 Å². The van der Waals surface area contributed by atoms with Crippen LogP contribution in [0.25, 0.3) is 0 Å². The van der Waals surface area contributed by atoms with Gasteiger partial charge in [0.1, 0.15) is 11.9 Å². The molecule has 0 bridgehead atoms. The number of benzene rings is 3. The molecule has 2 heterocycles. The second kappa shape index (κ2) is 6.38. The van der Waals surface area contributed by atoms with Gasteiger partial charge in [0.2, 0.25) is 0 Å². The van der Waals surface area contributed by atoms with Crippen LogP contribution in [0.5, 0.6) is 0 Å². The van der Waals surface area contributed by atoms with Gasteiger partial charge in [-0.25, -0.2) is 0 Å². The molecule has 0 radical (unpaired) electrons. The molecule has 1 fully saturated rings. The second-order valence-corrected chi connectivity index (χ2v) is 7.81. The number of fused-ring (bicyclic) bond motifs is 1. The summed E-state index contributed by atoms with van der Waals surface area (Å²) in [5.74, 6) is 1.25. The van der Waals surface area contributed by atoms with E-state index in [2.05, 4.69) is 103 Å². The standard InChI is InChI=1S/C25H24N2/c1-25(21-15-9-4-10-16-21)17-18-27-23(20-13-7-3-8-14-20)22(26-24(25)27)19-11-5-2-6-12-19/h2-16,22-23H,17-18H2,1H3/t22-,23-,25-/m0/s1. The molecule has 0 unspecified atom stereocenters. The Hall–Kier alpha value is -2.87. The van der Waals surface area contributed by atoms with Crippen molar-refractivity contribution in [1.29, 1.82) is 0 Å². The van der Waals surface area contributed by atoms with Crippen LogP contribution in [0.3, 0.4) is 0 Å². The van der Waals surface area contributed by atoms with Crippen molar-refractivity contribution in [2.45, 2.75) is 30.8 Å². The summed E-state index contributed by atoms with van der Waals surface area (Å²) in [4.78, 5) is 7.91. The fraction of sp³-hybridized carbons (Fsp3) is 0.240. The van der Waals surface area contributed by atoms with E-state index in [0.29, 0.717) is 0 Å². The second-order valence-electron chi connectivity index (χ2n) is 7.81. The zero-order valence-electron chi connectivity index (χ0n) is 15.6. The van der Waals surface area contributed by atoms with Gasteiger partial charge in [0, 0.05) is 6.54 Å². The van der Waals surface area contributed by atoms with Crippen molar-refractivity contribution in [3.8, 4) is 0 Å². The summed E-state index contributed by atoms with van der Waals surface area (Å²) in [6.07, 6.45) is 1.11. The van der Waals surface area contributed by atoms with E-state index in [9.17, 15) is 0 Å². The van der Waals surface area contributed by atoms with Gasteiger partial charge in [-0.2, -0.15) is 0 Å². The number of hydrogen-bond donors (Lipinski definition) is 0. The molecule has 3 atom stereocenters. The van der Waals surface area contributed by atoms with Crippen LogP contribution in [-0.4, -0.2) is 17.3 Å². The van der Waals surface area contributed by atoms with Crippen LogP contribution < -0.4 is 0 Å². The summed E-state index contributed by atoms with van der Waals surface area (Å²) in [5.41, 5.74) is 4.00. The Balaban J connectivity index is 1.63. The van der Waals surface area contributed by atoms with Gasteiger partial charge in [-0.05, 0) is 30.0 Å². The Labute approximate surface area is 161 Å². The van der Waals surface area contributed by atoms with Crippen molar-refractivity contribution in [2.24, 2.45) is 4.99 Å². The fourth-order valence-corrected chi connectivity index (χ4v) is 4.74. The van der Waals surface area contributed by atoms with E-state index in [4.69, 9.17) is 4.99 Å². The Kier molecular flexibility index (Phi) is 3.86. The van der Waals surface area contributed by atoms with Gasteiger partial charge < -0.3 is 4.90 Å². The van der Waals surface area contributed by atoms with E-state index in [1.165, 1.54) is 22.5 Å². The highest BCUT2D eigenvalue weighted by molar-refractivity contribution is 5.96. The van der Waals surface area contributed by atoms with Crippen LogP contribution in [0.15, 0.2) is 96.0 Å². The highest BCUT2D eigenvalue weighted by Gasteiger charge is 2.50. The molecule has 0 spiro atoms. The minimum absolute atomic E-state index is 0.0161. The number of nitrogens with zero attached hydrogens (tertiary/aromatic N) is 2. The van der Waals surface area contributed by atoms with Gasteiger partial charge in [0.05, 0.1) is 11.5 Å². The lowest BCUT2D eigenvalue weighted by Gasteiger charge is -2.29. The van der Waals surface area contributed by atoms with Crippen molar-refractivity contribution in [2.75, 3.05) is 6.54 Å². The molecule has 5 rings (SSSR count). The molecule has 0 saturated carbocycles. The summed E-state index contributed by atoms with van der Waals surface area (Å²) in [5, 5.41) is 0. The monoisotopic (exact) mass is 352 g/mol. The minimum Gasteiger partial charge on any atom is -0.350 e. The van der Waals surface area contributed by atoms with Crippen molar-refractivity contribution >= 4 is 5.84 Å². The summed E-state index contributed by atoms with van der Waals surface area (Å²) >= 11 is 0. The molecule has 0 aliphatic carbocycles. The number of amidine groups is 1. The summed E-state index contributed by atoms with van der Waals surface area (Å²) in [6.45, 7) is 3.41. The number of hydrogen-bond acceptors (Lipinski definition) is 2. The average Bonchev–Trinajstić information content (AvgIpc) is 3.28. The zero-order valence-corrected chi connectivity index (χ0v) is 15.6. The smallest absolute Gasteiger partial charge is 0.111 e. The van der Waals surface area contributed by atoms with Gasteiger partial charge in [-0.3, -0.25) is 4.99 Å². The normalized spacial score (nSPS) is 26.7. The third kappa shape index (κ3) is 2.59. The number of rotatable bonds is 3. The van der Waals surface area contributed by atoms with Crippen LogP contribution in [0, 0.1) is 0 Å². The first-order valence-corrected chi connectivity index (χ1v) is 9.78. The largest absolute Gasteiger partial charge is 0.350 e. The van der Waals surface area contributed by atoms with Crippen molar-refractivity contribution in [3.05, 3.63) is 108 Å². The highest BCUT2D eigenvalue weighted by Crippen LogP contribution is 2.50. The lowest BCUT2D eigenvalue weighted by Crippen LogP contribution is -2.34. The van der Waals surface area contributed by atoms with Gasteiger partial charge >= 0.3 is 0 Å². The van der Waals surface area contributed by atoms with Crippen LogP contribution in [0.2, 0.25) is 0 Å². The predicted molar refractivity (Wildman–Crippen MR) is 111 cm³/mol. The van der Waals surface area contributed by atoms with Crippen LogP contribution in [0.4, 0.5) is 0 Å². The summed E-state index contributed by atoms with van der Waals surface area (Å²) in [7, 11) is 0. The van der Waals surface area contributed by atoms with Gasteiger partial charge in [-0.1, -0.05) is 91.0 Å². The maximum absolute atomic E-state index is 5.35. The molecule has 3 aromatic rings. The third-order valence-electron chi connectivity index (χ3n) is 6.21. The third-order valence-corrected chi connectivity index (χ3v) is 6.21. The van der Waals surface area contributed by atoms with Gasteiger partial charge in [0.25, 0.3) is 0 Å². The molecule has 2 aliphatic rings. The quantitative estimate of drug-likeness (QED) is 0.604. The fourth-order valence-electron chi connectivity index (χ4n) is 4.74. The van der Waals surface area contributed by atoms with Crippen LogP contribution in [-0.2, 0) is 5.41 Å². The molecule has 1 saturated heterocycles. The Bertz CT molecular complexity index is 949. The lowest BCUT2D eigenvalue weighted by atomic mass is 9.81. The first-order chi connectivity index (χ1) is 13.3. The summed E-state index contributed by atoms with van der Waals surface area (Å²) < 4.78 is 0. The summed E-state index contributed by atoms with van der Waals surface area (Å²) in [6, 6.07) is 32.9. The molecule has 2 aliphatic heterocycles. The molecule has 27 heavy (non-hydrogen) atoms. The highest BCUT2D eigenvalue weighted by atomic mass is 15.3. The van der Waals surface area contributed by atoms with E-state index >= 15 is 0 Å². The molecule has 0 amide bonds. The molecule has 3 aromatic carbocycles. The molecular weight excluding hydrogens is 328 g/mol. The van der Waals surface area contributed by atoms with E-state index in [1.807, 2.05) is 0 Å². The molecule has 0 N–H and O–H groups in total. The predicted octanol–water partition coefficient (Wildman–Crippen LogP) is 5.54. The van der Waals surface area contributed by atoms with Crippen molar-refractivity contribution < 1.29 is 0 Å². The molecule has 2 heteroatoms. The molecular formula is C25H24N2. The molecule has 0 aromatic heterocycles. The SMILES string of the molecule is C[C@@]1(c2ccccc2)CCN2C1=N[C@@H](c1ccccc1)[C@@H]2c1ccccc1. The first-order valence-electron chi connectivity index (χ1n) is 9.78. The van der Waals surface area contributed by atoms with Crippen LogP contribution >= 0.6 is 0 Å². The minimum atomic E-state index is -0.0161. The van der Waals surface area contributed by atoms with Crippen molar-refractivity contribution in [3.63, 3.8) is 0 Å². The van der Waals surface area contributed by atoms with E-state index in [-0.39, 0.29) is 17.5 Å². The number of aliphatic imine (C=N–C) groups is 1. The van der Waals surface area contributed by atoms with E-state index in [1.54, 1.807) is 0 Å². The van der Waals surface area contributed by atoms with Crippen LogP contribution in [0.1, 0.15) is 42.1 Å². The first kappa shape index (κ1) is 16.3. The van der Waals surface area contributed by atoms with Crippen molar-refractivity contribution in [1.82, 2.24) is 4.90 Å². The van der Waals surface area contributed by atoms with Gasteiger partial charge in [0.15, 0.2) is 0 Å².